The van der Waals surface area contributed by atoms with Gasteiger partial charge in [0.15, 0.2) is 0 Å². The molecule has 108 valence electrons. The molecule has 0 spiro atoms. The molecule has 1 aliphatic heterocycles. The quantitative estimate of drug-likeness (QED) is 0.782. The summed E-state index contributed by atoms with van der Waals surface area (Å²) in [6.45, 7) is 0.808. The van der Waals surface area contributed by atoms with Crippen molar-refractivity contribution in [2.75, 3.05) is 6.54 Å². The van der Waals surface area contributed by atoms with E-state index in [4.69, 9.17) is 0 Å². The second-order valence-electron chi connectivity index (χ2n) is 5.85. The van der Waals surface area contributed by atoms with Crippen LogP contribution in [0.5, 0.6) is 0 Å². The van der Waals surface area contributed by atoms with E-state index in [1.54, 1.807) is 12.1 Å². The molecule has 2 nitrogen and oxygen atoms in total. The highest BCUT2D eigenvalue weighted by Crippen LogP contribution is 2.36. The largest absolute Gasteiger partial charge is 0.335 e. The lowest BCUT2D eigenvalue weighted by atomic mass is 9.95. The van der Waals surface area contributed by atoms with Crippen molar-refractivity contribution in [3.05, 3.63) is 34.1 Å². The van der Waals surface area contributed by atoms with Gasteiger partial charge in [-0.3, -0.25) is 4.79 Å². The Balaban J connectivity index is 1.83. The summed E-state index contributed by atoms with van der Waals surface area (Å²) < 4.78 is 13.9. The van der Waals surface area contributed by atoms with Gasteiger partial charge in [-0.25, -0.2) is 4.39 Å². The van der Waals surface area contributed by atoms with Crippen LogP contribution in [-0.4, -0.2) is 23.4 Å². The molecule has 0 N–H and O–H groups in total. The van der Waals surface area contributed by atoms with Gasteiger partial charge in [0, 0.05) is 12.6 Å². The van der Waals surface area contributed by atoms with Crippen molar-refractivity contribution < 1.29 is 9.18 Å². The Morgan fingerprint density at radius 1 is 1.20 bits per heavy atom. The van der Waals surface area contributed by atoms with Crippen molar-refractivity contribution in [3.8, 4) is 0 Å². The summed E-state index contributed by atoms with van der Waals surface area (Å²) in [4.78, 5) is 14.7. The predicted molar refractivity (Wildman–Crippen MR) is 80.1 cm³/mol. The SMILES string of the molecule is O=C(c1cccc(F)c1Br)N1CCCC1C1CCCC1. The highest BCUT2D eigenvalue weighted by molar-refractivity contribution is 9.10. The van der Waals surface area contributed by atoms with Gasteiger partial charge in [0.1, 0.15) is 5.82 Å². The van der Waals surface area contributed by atoms with Crippen LogP contribution in [0, 0.1) is 11.7 Å². The van der Waals surface area contributed by atoms with Crippen LogP contribution >= 0.6 is 15.9 Å². The first-order valence-corrected chi connectivity index (χ1v) is 8.23. The van der Waals surface area contributed by atoms with Crippen LogP contribution in [0.1, 0.15) is 48.9 Å². The molecule has 1 aromatic rings. The second-order valence-corrected chi connectivity index (χ2v) is 6.65. The molecule has 20 heavy (non-hydrogen) atoms. The van der Waals surface area contributed by atoms with Gasteiger partial charge in [-0.2, -0.15) is 0 Å². The standard InChI is InChI=1S/C16H19BrFNO/c17-15-12(7-3-8-13(15)18)16(20)19-10-4-9-14(19)11-5-1-2-6-11/h3,7-8,11,14H,1-2,4-6,9-10H2. The molecule has 2 fully saturated rings. The summed E-state index contributed by atoms with van der Waals surface area (Å²) in [5, 5.41) is 0. The van der Waals surface area contributed by atoms with E-state index >= 15 is 0 Å². The molecule has 1 aliphatic carbocycles. The number of hydrogen-bond donors (Lipinski definition) is 0. The Morgan fingerprint density at radius 3 is 2.70 bits per heavy atom. The maximum Gasteiger partial charge on any atom is 0.255 e. The molecular formula is C16H19BrFNO. The van der Waals surface area contributed by atoms with E-state index in [1.165, 1.54) is 31.7 Å². The van der Waals surface area contributed by atoms with Crippen molar-refractivity contribution in [1.29, 1.82) is 0 Å². The molecule has 0 radical (unpaired) electrons. The zero-order chi connectivity index (χ0) is 14.1. The van der Waals surface area contributed by atoms with Crippen LogP contribution in [0.2, 0.25) is 0 Å². The molecule has 1 heterocycles. The minimum atomic E-state index is -0.368. The van der Waals surface area contributed by atoms with Crippen molar-refractivity contribution in [3.63, 3.8) is 0 Å². The van der Waals surface area contributed by atoms with Gasteiger partial charge < -0.3 is 4.90 Å². The summed E-state index contributed by atoms with van der Waals surface area (Å²) in [5.41, 5.74) is 0.454. The van der Waals surface area contributed by atoms with E-state index in [0.717, 1.165) is 19.4 Å². The number of hydrogen-bond acceptors (Lipinski definition) is 1. The highest BCUT2D eigenvalue weighted by Gasteiger charge is 2.36. The fourth-order valence-electron chi connectivity index (χ4n) is 3.70. The lowest BCUT2D eigenvalue weighted by Crippen LogP contribution is -2.39. The molecular weight excluding hydrogens is 321 g/mol. The molecule has 1 aromatic carbocycles. The van der Waals surface area contributed by atoms with Crippen LogP contribution < -0.4 is 0 Å². The van der Waals surface area contributed by atoms with E-state index in [9.17, 15) is 9.18 Å². The maximum absolute atomic E-state index is 13.6. The van der Waals surface area contributed by atoms with Gasteiger partial charge in [0.2, 0.25) is 0 Å². The molecule has 3 rings (SSSR count). The Morgan fingerprint density at radius 2 is 1.95 bits per heavy atom. The van der Waals surface area contributed by atoms with Crippen molar-refractivity contribution in [2.24, 2.45) is 5.92 Å². The summed E-state index contributed by atoms with van der Waals surface area (Å²) in [6, 6.07) is 5.05. The summed E-state index contributed by atoms with van der Waals surface area (Å²) in [6.07, 6.45) is 7.21. The first-order valence-electron chi connectivity index (χ1n) is 7.43. The Bertz CT molecular complexity index is 513. The third-order valence-corrected chi connectivity index (χ3v) is 5.49. The molecule has 0 bridgehead atoms. The van der Waals surface area contributed by atoms with Crippen molar-refractivity contribution in [2.45, 2.75) is 44.6 Å². The molecule has 1 unspecified atom stereocenters. The van der Waals surface area contributed by atoms with Crippen LogP contribution in [0.15, 0.2) is 22.7 Å². The zero-order valence-corrected chi connectivity index (χ0v) is 13.0. The monoisotopic (exact) mass is 339 g/mol. The lowest BCUT2D eigenvalue weighted by molar-refractivity contribution is 0.0687. The predicted octanol–water partition coefficient (Wildman–Crippen LogP) is 4.38. The van der Waals surface area contributed by atoms with E-state index < -0.39 is 0 Å². The number of amides is 1. The average Bonchev–Trinajstić information content (AvgIpc) is 3.10. The third-order valence-electron chi connectivity index (χ3n) is 4.69. The summed E-state index contributed by atoms with van der Waals surface area (Å²) in [5.74, 6) is 0.257. The topological polar surface area (TPSA) is 20.3 Å². The fraction of sp³-hybridized carbons (Fsp3) is 0.562. The Labute approximate surface area is 127 Å². The number of rotatable bonds is 2. The summed E-state index contributed by atoms with van der Waals surface area (Å²) in [7, 11) is 0. The molecule has 1 saturated carbocycles. The highest BCUT2D eigenvalue weighted by atomic mass is 79.9. The van der Waals surface area contributed by atoms with Gasteiger partial charge in [-0.15, -0.1) is 0 Å². The normalized spacial score (nSPS) is 23.5. The smallest absolute Gasteiger partial charge is 0.255 e. The van der Waals surface area contributed by atoms with Gasteiger partial charge in [0.25, 0.3) is 5.91 Å². The third kappa shape index (κ3) is 2.50. The fourth-order valence-corrected chi connectivity index (χ4v) is 4.13. The van der Waals surface area contributed by atoms with Crippen molar-refractivity contribution >= 4 is 21.8 Å². The number of benzene rings is 1. The van der Waals surface area contributed by atoms with E-state index in [0.29, 0.717) is 22.0 Å². The van der Waals surface area contributed by atoms with Crippen molar-refractivity contribution in [1.82, 2.24) is 4.90 Å². The lowest BCUT2D eigenvalue weighted by Gasteiger charge is -2.29. The number of halogens is 2. The molecule has 4 heteroatoms. The zero-order valence-electron chi connectivity index (χ0n) is 11.4. The second kappa shape index (κ2) is 5.84. The molecule has 0 aromatic heterocycles. The minimum absolute atomic E-state index is 0.0224. The van der Waals surface area contributed by atoms with Crippen LogP contribution in [-0.2, 0) is 0 Å². The molecule has 1 atom stereocenters. The van der Waals surface area contributed by atoms with E-state index in [1.807, 2.05) is 4.90 Å². The Hall–Kier alpha value is -0.900. The van der Waals surface area contributed by atoms with Gasteiger partial charge in [0.05, 0.1) is 10.0 Å². The first-order chi connectivity index (χ1) is 9.68. The van der Waals surface area contributed by atoms with Gasteiger partial charge in [-0.05, 0) is 59.7 Å². The maximum atomic E-state index is 13.6. The number of carbonyl (C=O) groups excluding carboxylic acids is 1. The summed E-state index contributed by atoms with van der Waals surface area (Å²) >= 11 is 3.21. The van der Waals surface area contributed by atoms with Crippen LogP contribution in [0.4, 0.5) is 4.39 Å². The average molecular weight is 340 g/mol. The first kappa shape index (κ1) is 14.1. The number of nitrogens with zero attached hydrogens (tertiary/aromatic N) is 1. The van der Waals surface area contributed by atoms with Gasteiger partial charge in [-0.1, -0.05) is 18.9 Å². The minimum Gasteiger partial charge on any atom is -0.335 e. The van der Waals surface area contributed by atoms with E-state index in [-0.39, 0.29) is 11.7 Å². The molecule has 2 aliphatic rings. The Kier molecular flexibility index (Phi) is 4.11. The van der Waals surface area contributed by atoms with Gasteiger partial charge >= 0.3 is 0 Å². The van der Waals surface area contributed by atoms with Crippen LogP contribution in [0.3, 0.4) is 0 Å². The number of carbonyl (C=O) groups is 1. The molecule has 1 amide bonds. The number of likely N-dealkylation sites (tertiary alicyclic amines) is 1. The van der Waals surface area contributed by atoms with E-state index in [2.05, 4.69) is 15.9 Å². The molecule has 1 saturated heterocycles. The van der Waals surface area contributed by atoms with Crippen LogP contribution in [0.25, 0.3) is 0 Å².